The summed E-state index contributed by atoms with van der Waals surface area (Å²) in [6, 6.07) is 2.32. The molecular weight excluding hydrogens is 242 g/mol. The Bertz CT molecular complexity index is 551. The highest BCUT2D eigenvalue weighted by atomic mass is 15.4. The van der Waals surface area contributed by atoms with Crippen LogP contribution in [-0.2, 0) is 0 Å². The minimum Gasteiger partial charge on any atom is -0.357 e. The minimum atomic E-state index is 0.470. The molecule has 1 fully saturated rings. The van der Waals surface area contributed by atoms with E-state index in [0.717, 1.165) is 12.5 Å². The normalized spacial score (nSPS) is 18.8. The van der Waals surface area contributed by atoms with Gasteiger partial charge in [-0.1, -0.05) is 0 Å². The van der Waals surface area contributed by atoms with Gasteiger partial charge in [-0.25, -0.2) is 4.68 Å². The highest BCUT2D eigenvalue weighted by Gasteiger charge is 2.24. The quantitative estimate of drug-likeness (QED) is 0.889. The zero-order chi connectivity index (χ0) is 13.2. The van der Waals surface area contributed by atoms with E-state index in [1.807, 2.05) is 12.3 Å². The number of anilines is 2. The third-order valence-electron chi connectivity index (χ3n) is 3.35. The van der Waals surface area contributed by atoms with Crippen molar-refractivity contribution in [3.05, 3.63) is 18.5 Å². The highest BCUT2D eigenvalue weighted by molar-refractivity contribution is 5.41. The first-order valence-corrected chi connectivity index (χ1v) is 6.48. The fourth-order valence-electron chi connectivity index (χ4n) is 2.31. The van der Waals surface area contributed by atoms with Gasteiger partial charge >= 0.3 is 0 Å². The number of hydrogen-bond donors (Lipinski definition) is 1. The molecule has 1 N–H and O–H groups in total. The van der Waals surface area contributed by atoms with Crippen LogP contribution in [0, 0.1) is 0 Å². The molecule has 3 rings (SSSR count). The van der Waals surface area contributed by atoms with Crippen molar-refractivity contribution >= 4 is 11.9 Å². The summed E-state index contributed by atoms with van der Waals surface area (Å²) in [7, 11) is 1.80. The second kappa shape index (κ2) is 4.83. The highest BCUT2D eigenvalue weighted by Crippen LogP contribution is 2.23. The maximum atomic E-state index is 4.52. The molecule has 7 heteroatoms. The Hall–Kier alpha value is -2.18. The van der Waals surface area contributed by atoms with Crippen LogP contribution < -0.4 is 10.2 Å². The number of hydrogen-bond acceptors (Lipinski definition) is 6. The first-order valence-electron chi connectivity index (χ1n) is 6.48. The van der Waals surface area contributed by atoms with Gasteiger partial charge in [0.05, 0.1) is 0 Å². The van der Waals surface area contributed by atoms with Crippen molar-refractivity contribution in [1.29, 1.82) is 0 Å². The van der Waals surface area contributed by atoms with Crippen molar-refractivity contribution in [2.24, 2.45) is 0 Å². The molecule has 0 spiro atoms. The summed E-state index contributed by atoms with van der Waals surface area (Å²) in [5.41, 5.74) is 0. The Morgan fingerprint density at radius 2 is 2.11 bits per heavy atom. The molecule has 2 aromatic heterocycles. The van der Waals surface area contributed by atoms with E-state index in [1.165, 1.54) is 12.8 Å². The largest absolute Gasteiger partial charge is 0.357 e. The molecule has 19 heavy (non-hydrogen) atoms. The van der Waals surface area contributed by atoms with Gasteiger partial charge in [-0.3, -0.25) is 0 Å². The molecule has 0 aliphatic carbocycles. The molecule has 2 aromatic rings. The molecule has 0 aromatic carbocycles. The molecule has 1 atom stereocenters. The number of rotatable bonds is 3. The van der Waals surface area contributed by atoms with Gasteiger partial charge in [0.15, 0.2) is 0 Å². The van der Waals surface area contributed by atoms with E-state index in [-0.39, 0.29) is 0 Å². The lowest BCUT2D eigenvalue weighted by Gasteiger charge is -2.21. The van der Waals surface area contributed by atoms with E-state index in [0.29, 0.717) is 17.9 Å². The summed E-state index contributed by atoms with van der Waals surface area (Å²) in [5.74, 6) is 1.82. The predicted octanol–water partition coefficient (Wildman–Crippen LogP) is 1.09. The Morgan fingerprint density at radius 1 is 1.26 bits per heavy atom. The third kappa shape index (κ3) is 2.23. The third-order valence-corrected chi connectivity index (χ3v) is 3.35. The van der Waals surface area contributed by atoms with E-state index in [9.17, 15) is 0 Å². The summed E-state index contributed by atoms with van der Waals surface area (Å²) in [4.78, 5) is 15.5. The zero-order valence-corrected chi connectivity index (χ0v) is 11.1. The second-order valence-corrected chi connectivity index (χ2v) is 4.64. The molecule has 1 unspecified atom stereocenters. The first-order chi connectivity index (χ1) is 9.28. The van der Waals surface area contributed by atoms with Crippen LogP contribution in [0.1, 0.15) is 19.8 Å². The van der Waals surface area contributed by atoms with Crippen LogP contribution in [-0.4, -0.2) is 44.4 Å². The van der Waals surface area contributed by atoms with Crippen molar-refractivity contribution in [2.75, 3.05) is 23.8 Å². The van der Waals surface area contributed by atoms with Gasteiger partial charge in [0.2, 0.25) is 11.9 Å². The van der Waals surface area contributed by atoms with Gasteiger partial charge in [-0.05, 0) is 25.8 Å². The average molecular weight is 259 g/mol. The lowest BCUT2D eigenvalue weighted by atomic mass is 10.2. The van der Waals surface area contributed by atoms with Gasteiger partial charge in [-0.15, -0.1) is 0 Å². The summed E-state index contributed by atoms with van der Waals surface area (Å²) in [6.07, 6.45) is 5.89. The Kier molecular flexibility index (Phi) is 3.02. The Morgan fingerprint density at radius 3 is 2.74 bits per heavy atom. The molecule has 1 aliphatic rings. The molecule has 0 amide bonds. The van der Waals surface area contributed by atoms with Crippen LogP contribution in [0.2, 0.25) is 0 Å². The number of nitrogens with one attached hydrogen (secondary N) is 1. The molecule has 0 radical (unpaired) electrons. The summed E-state index contributed by atoms with van der Waals surface area (Å²) < 4.78 is 1.65. The minimum absolute atomic E-state index is 0.470. The molecule has 1 saturated heterocycles. The summed E-state index contributed by atoms with van der Waals surface area (Å²) >= 11 is 0. The monoisotopic (exact) mass is 259 g/mol. The van der Waals surface area contributed by atoms with E-state index in [2.05, 4.69) is 37.2 Å². The zero-order valence-electron chi connectivity index (χ0n) is 11.1. The van der Waals surface area contributed by atoms with E-state index in [1.54, 1.807) is 17.9 Å². The molecule has 1 aliphatic heterocycles. The van der Waals surface area contributed by atoms with E-state index in [4.69, 9.17) is 0 Å². The summed E-state index contributed by atoms with van der Waals surface area (Å²) in [5, 5.41) is 7.14. The smallest absolute Gasteiger partial charge is 0.257 e. The first kappa shape index (κ1) is 11.9. The Labute approximate surface area is 111 Å². The van der Waals surface area contributed by atoms with Crippen molar-refractivity contribution < 1.29 is 0 Å². The van der Waals surface area contributed by atoms with Gasteiger partial charge in [-0.2, -0.15) is 20.1 Å². The van der Waals surface area contributed by atoms with E-state index >= 15 is 0 Å². The second-order valence-electron chi connectivity index (χ2n) is 4.64. The van der Waals surface area contributed by atoms with Gasteiger partial charge in [0, 0.05) is 32.0 Å². The molecule has 0 bridgehead atoms. The molecule has 7 nitrogen and oxygen atoms in total. The topological polar surface area (TPSA) is 71.8 Å². The maximum Gasteiger partial charge on any atom is 0.257 e. The van der Waals surface area contributed by atoms with Crippen LogP contribution in [0.5, 0.6) is 0 Å². The fraction of sp³-hybridized carbons (Fsp3) is 0.500. The average Bonchev–Trinajstić information content (AvgIpc) is 3.09. The van der Waals surface area contributed by atoms with Crippen molar-refractivity contribution in [1.82, 2.24) is 24.7 Å². The van der Waals surface area contributed by atoms with E-state index < -0.39 is 0 Å². The lowest BCUT2D eigenvalue weighted by molar-refractivity contribution is 0.705. The maximum absolute atomic E-state index is 4.52. The van der Waals surface area contributed by atoms with Gasteiger partial charge in [0.1, 0.15) is 0 Å². The van der Waals surface area contributed by atoms with Crippen LogP contribution in [0.25, 0.3) is 5.95 Å². The number of aromatic nitrogens is 5. The van der Waals surface area contributed by atoms with Crippen LogP contribution >= 0.6 is 0 Å². The van der Waals surface area contributed by atoms with Crippen molar-refractivity contribution in [2.45, 2.75) is 25.8 Å². The predicted molar refractivity (Wildman–Crippen MR) is 72.5 cm³/mol. The lowest BCUT2D eigenvalue weighted by Crippen LogP contribution is -2.29. The molecular formula is C12H17N7. The fourth-order valence-corrected chi connectivity index (χ4v) is 2.31. The van der Waals surface area contributed by atoms with Crippen molar-refractivity contribution in [3.63, 3.8) is 0 Å². The summed E-state index contributed by atoms with van der Waals surface area (Å²) in [6.45, 7) is 3.19. The van der Waals surface area contributed by atoms with Crippen molar-refractivity contribution in [3.8, 4) is 5.95 Å². The SMILES string of the molecule is CNc1nc(N2CCCC2C)nc(-n2cccn2)n1. The van der Waals surface area contributed by atoms with Gasteiger partial charge in [0.25, 0.3) is 5.95 Å². The van der Waals surface area contributed by atoms with Crippen LogP contribution in [0.4, 0.5) is 11.9 Å². The molecule has 3 heterocycles. The van der Waals surface area contributed by atoms with Crippen LogP contribution in [0.15, 0.2) is 18.5 Å². The number of nitrogens with zero attached hydrogens (tertiary/aromatic N) is 6. The standard InChI is InChI=1S/C12H17N7/c1-9-5-3-7-18(9)11-15-10(13-2)16-12(17-11)19-8-4-6-14-19/h4,6,8-9H,3,5,7H2,1-2H3,(H,13,15,16,17). The Balaban J connectivity index is 2.02. The molecule has 0 saturated carbocycles. The van der Waals surface area contributed by atoms with Crippen LogP contribution in [0.3, 0.4) is 0 Å². The van der Waals surface area contributed by atoms with Gasteiger partial charge < -0.3 is 10.2 Å². The molecule has 100 valence electrons.